The highest BCUT2D eigenvalue weighted by Gasteiger charge is 2.13. The second kappa shape index (κ2) is 5.75. The molecule has 4 aromatic rings. The third-order valence-electron chi connectivity index (χ3n) is 3.74. The number of H-pyrrole nitrogens is 2. The molecular formula is C15H8FN4O6S-. The second-order valence-corrected chi connectivity index (χ2v) is 6.78. The van der Waals surface area contributed by atoms with E-state index in [1.807, 2.05) is 0 Å². The summed E-state index contributed by atoms with van der Waals surface area (Å²) in [6.07, 6.45) is 0.902. The van der Waals surface area contributed by atoms with E-state index < -0.39 is 32.3 Å². The van der Waals surface area contributed by atoms with Gasteiger partial charge in [0.15, 0.2) is 10.1 Å². The van der Waals surface area contributed by atoms with Crippen molar-refractivity contribution < 1.29 is 21.8 Å². The van der Waals surface area contributed by atoms with Gasteiger partial charge in [0, 0.05) is 10.9 Å². The SMILES string of the molecule is O=c1[nH]c2c([nH]c3ccc(F)cc32)c(=O)n1/N=C/c1ccc(S(=O)(=O)[O-])o1. The van der Waals surface area contributed by atoms with Crippen LogP contribution in [0.15, 0.2) is 54.5 Å². The lowest BCUT2D eigenvalue weighted by Gasteiger charge is -2.00. The van der Waals surface area contributed by atoms with Crippen molar-refractivity contribution in [1.29, 1.82) is 0 Å². The smallest absolute Gasteiger partial charge is 0.350 e. The van der Waals surface area contributed by atoms with Crippen LogP contribution in [0.1, 0.15) is 5.76 Å². The number of halogens is 1. The molecule has 138 valence electrons. The molecule has 0 aliphatic rings. The highest BCUT2D eigenvalue weighted by molar-refractivity contribution is 7.85. The van der Waals surface area contributed by atoms with Gasteiger partial charge in [-0.1, -0.05) is 0 Å². The Bertz CT molecular complexity index is 1460. The maximum atomic E-state index is 13.4. The molecule has 0 saturated carbocycles. The van der Waals surface area contributed by atoms with E-state index in [0.29, 0.717) is 15.6 Å². The molecule has 0 aliphatic carbocycles. The number of hydrogen-bond acceptors (Lipinski definition) is 7. The number of aromatic nitrogens is 3. The molecule has 0 radical (unpaired) electrons. The van der Waals surface area contributed by atoms with E-state index in [0.717, 1.165) is 18.3 Å². The number of nitrogens with one attached hydrogen (secondary N) is 2. The summed E-state index contributed by atoms with van der Waals surface area (Å²) in [4.78, 5) is 29.9. The number of aromatic amines is 2. The molecular weight excluding hydrogens is 383 g/mol. The number of hydrogen-bond donors (Lipinski definition) is 2. The zero-order chi connectivity index (χ0) is 19.3. The highest BCUT2D eigenvalue weighted by Crippen LogP contribution is 2.21. The molecule has 3 heterocycles. The number of nitrogens with zero attached hydrogens (tertiary/aromatic N) is 2. The molecule has 0 saturated heterocycles. The first-order valence-electron chi connectivity index (χ1n) is 7.30. The van der Waals surface area contributed by atoms with E-state index in [4.69, 9.17) is 4.42 Å². The van der Waals surface area contributed by atoms with Crippen LogP contribution in [0.2, 0.25) is 0 Å². The van der Waals surface area contributed by atoms with Gasteiger partial charge in [0.2, 0.25) is 5.09 Å². The fourth-order valence-electron chi connectivity index (χ4n) is 2.57. The third kappa shape index (κ3) is 2.86. The summed E-state index contributed by atoms with van der Waals surface area (Å²) in [5, 5.41) is 3.16. The standard InChI is InChI=1S/C15H9FN4O6S/c16-7-1-3-10-9(5-7)12-13(18-10)14(21)20(15(22)19-12)17-6-8-2-4-11(26-8)27(23,24)25/h1-6,18H,(H,19,22)(H,23,24,25)/p-1/b17-6+. The molecule has 0 spiro atoms. The molecule has 3 aromatic heterocycles. The number of rotatable bonds is 3. The minimum atomic E-state index is -4.78. The Morgan fingerprint density at radius 3 is 2.63 bits per heavy atom. The fraction of sp³-hybridized carbons (Fsp3) is 0. The fourth-order valence-corrected chi connectivity index (χ4v) is 3.00. The van der Waals surface area contributed by atoms with Gasteiger partial charge in [0.25, 0.3) is 0 Å². The van der Waals surface area contributed by atoms with Crippen molar-refractivity contribution in [3.63, 3.8) is 0 Å². The van der Waals surface area contributed by atoms with Gasteiger partial charge < -0.3 is 18.9 Å². The Balaban J connectivity index is 1.85. The zero-order valence-corrected chi connectivity index (χ0v) is 13.9. The summed E-state index contributed by atoms with van der Waals surface area (Å²) in [5.74, 6) is -0.692. The van der Waals surface area contributed by atoms with Crippen molar-refractivity contribution >= 4 is 38.3 Å². The quantitative estimate of drug-likeness (QED) is 0.387. The summed E-state index contributed by atoms with van der Waals surface area (Å²) in [7, 11) is -4.78. The molecule has 0 amide bonds. The Morgan fingerprint density at radius 1 is 1.15 bits per heavy atom. The minimum absolute atomic E-state index is 0.00498. The molecule has 10 nitrogen and oxygen atoms in total. The van der Waals surface area contributed by atoms with Crippen molar-refractivity contribution in [3.05, 3.63) is 62.7 Å². The first-order chi connectivity index (χ1) is 12.7. The average Bonchev–Trinajstić information content (AvgIpc) is 3.20. The van der Waals surface area contributed by atoms with Crippen LogP contribution < -0.4 is 11.2 Å². The Kier molecular flexibility index (Phi) is 3.61. The van der Waals surface area contributed by atoms with Crippen molar-refractivity contribution in [1.82, 2.24) is 14.6 Å². The van der Waals surface area contributed by atoms with Crippen LogP contribution >= 0.6 is 0 Å². The molecule has 0 fully saturated rings. The highest BCUT2D eigenvalue weighted by atomic mass is 32.2. The lowest BCUT2D eigenvalue weighted by atomic mass is 10.2. The van der Waals surface area contributed by atoms with Crippen LogP contribution in [0, 0.1) is 5.82 Å². The molecule has 27 heavy (non-hydrogen) atoms. The molecule has 0 unspecified atom stereocenters. The summed E-state index contributed by atoms with van der Waals surface area (Å²) < 4.78 is 51.2. The van der Waals surface area contributed by atoms with Gasteiger partial charge in [0.1, 0.15) is 17.1 Å². The van der Waals surface area contributed by atoms with Gasteiger partial charge in [-0.3, -0.25) is 4.79 Å². The minimum Gasteiger partial charge on any atom is -0.742 e. The van der Waals surface area contributed by atoms with E-state index in [1.165, 1.54) is 18.2 Å². The van der Waals surface area contributed by atoms with Crippen molar-refractivity contribution in [2.45, 2.75) is 5.09 Å². The Hall–Kier alpha value is -3.51. The Morgan fingerprint density at radius 2 is 1.93 bits per heavy atom. The number of fused-ring (bicyclic) bond motifs is 3. The summed E-state index contributed by atoms with van der Waals surface area (Å²) in [6, 6.07) is 5.85. The maximum Gasteiger partial charge on any atom is 0.350 e. The monoisotopic (exact) mass is 391 g/mol. The second-order valence-electron chi connectivity index (χ2n) is 5.47. The van der Waals surface area contributed by atoms with Gasteiger partial charge >= 0.3 is 11.2 Å². The maximum absolute atomic E-state index is 13.4. The summed E-state index contributed by atoms with van der Waals surface area (Å²) in [6.45, 7) is 0. The van der Waals surface area contributed by atoms with E-state index in [9.17, 15) is 27.0 Å². The van der Waals surface area contributed by atoms with Crippen LogP contribution in [-0.2, 0) is 10.1 Å². The lowest BCUT2D eigenvalue weighted by Crippen LogP contribution is -2.32. The topological polar surface area (TPSA) is 153 Å². The Labute approximate surface area is 148 Å². The third-order valence-corrected chi connectivity index (χ3v) is 4.45. The summed E-state index contributed by atoms with van der Waals surface area (Å²) >= 11 is 0. The normalized spacial score (nSPS) is 12.5. The van der Waals surface area contributed by atoms with E-state index in [2.05, 4.69) is 15.1 Å². The lowest BCUT2D eigenvalue weighted by molar-refractivity contribution is 0.395. The predicted octanol–water partition coefficient (Wildman–Crippen LogP) is 0.689. The number of furan rings is 1. The number of benzene rings is 1. The molecule has 4 rings (SSSR count). The summed E-state index contributed by atoms with van der Waals surface area (Å²) in [5.41, 5.74) is -1.16. The first-order valence-corrected chi connectivity index (χ1v) is 8.71. The van der Waals surface area contributed by atoms with Crippen LogP contribution in [0.25, 0.3) is 21.9 Å². The van der Waals surface area contributed by atoms with Crippen LogP contribution in [0.5, 0.6) is 0 Å². The van der Waals surface area contributed by atoms with Crippen molar-refractivity contribution in [2.24, 2.45) is 5.10 Å². The molecule has 12 heteroatoms. The van der Waals surface area contributed by atoms with Crippen LogP contribution in [0.4, 0.5) is 4.39 Å². The van der Waals surface area contributed by atoms with Gasteiger partial charge in [-0.15, -0.1) is 4.68 Å². The van der Waals surface area contributed by atoms with Crippen molar-refractivity contribution in [2.75, 3.05) is 0 Å². The van der Waals surface area contributed by atoms with Crippen LogP contribution in [0.3, 0.4) is 0 Å². The van der Waals surface area contributed by atoms with E-state index >= 15 is 0 Å². The average molecular weight is 391 g/mol. The van der Waals surface area contributed by atoms with E-state index in [-0.39, 0.29) is 16.8 Å². The van der Waals surface area contributed by atoms with Gasteiger partial charge in [-0.2, -0.15) is 5.10 Å². The van der Waals surface area contributed by atoms with Crippen LogP contribution in [-0.4, -0.2) is 33.8 Å². The van der Waals surface area contributed by atoms with Crippen molar-refractivity contribution in [3.8, 4) is 0 Å². The zero-order valence-electron chi connectivity index (χ0n) is 13.1. The van der Waals surface area contributed by atoms with E-state index in [1.54, 1.807) is 0 Å². The van der Waals surface area contributed by atoms with Gasteiger partial charge in [0.05, 0.1) is 11.7 Å². The molecule has 2 N–H and O–H groups in total. The largest absolute Gasteiger partial charge is 0.742 e. The first kappa shape index (κ1) is 16.9. The van der Waals surface area contributed by atoms with Gasteiger partial charge in [-0.25, -0.2) is 17.6 Å². The molecule has 0 atom stereocenters. The predicted molar refractivity (Wildman–Crippen MR) is 90.3 cm³/mol. The molecule has 0 bridgehead atoms. The van der Waals surface area contributed by atoms with Gasteiger partial charge in [-0.05, 0) is 30.3 Å². The molecule has 0 aliphatic heterocycles. The molecule has 1 aromatic carbocycles.